The summed E-state index contributed by atoms with van der Waals surface area (Å²) in [6.07, 6.45) is -0.997. The summed E-state index contributed by atoms with van der Waals surface area (Å²) < 4.78 is 10.2. The molecule has 0 aliphatic heterocycles. The number of hydrogen-bond donors (Lipinski definition) is 1. The van der Waals surface area contributed by atoms with Crippen LogP contribution in [-0.4, -0.2) is 31.0 Å². The van der Waals surface area contributed by atoms with Crippen molar-refractivity contribution in [3.63, 3.8) is 0 Å². The summed E-state index contributed by atoms with van der Waals surface area (Å²) in [5.41, 5.74) is 1.35. The molecule has 26 heavy (non-hydrogen) atoms. The van der Waals surface area contributed by atoms with Crippen LogP contribution in [0.4, 0.5) is 0 Å². The molecular weight excluding hydrogens is 334 g/mol. The lowest BCUT2D eigenvalue weighted by molar-refractivity contribution is -0.167. The second-order valence-electron chi connectivity index (χ2n) is 5.47. The third-order valence-corrected chi connectivity index (χ3v) is 3.49. The largest absolute Gasteiger partial charge is 0.463 e. The van der Waals surface area contributed by atoms with Crippen molar-refractivity contribution >= 4 is 17.8 Å². The molecular formula is C20H21NO5. The van der Waals surface area contributed by atoms with Gasteiger partial charge in [0.05, 0.1) is 13.0 Å². The minimum atomic E-state index is -1.16. The van der Waals surface area contributed by atoms with E-state index >= 15 is 0 Å². The third-order valence-electron chi connectivity index (χ3n) is 3.49. The van der Waals surface area contributed by atoms with Gasteiger partial charge in [0.2, 0.25) is 12.0 Å². The molecule has 2 aromatic carbocycles. The van der Waals surface area contributed by atoms with E-state index in [1.807, 2.05) is 30.3 Å². The topological polar surface area (TPSA) is 81.7 Å². The smallest absolute Gasteiger partial charge is 0.352 e. The van der Waals surface area contributed by atoms with Crippen molar-refractivity contribution in [1.29, 1.82) is 0 Å². The van der Waals surface area contributed by atoms with Crippen molar-refractivity contribution < 1.29 is 23.9 Å². The highest BCUT2D eigenvalue weighted by molar-refractivity contribution is 5.85. The van der Waals surface area contributed by atoms with E-state index in [1.165, 1.54) is 0 Å². The van der Waals surface area contributed by atoms with Crippen LogP contribution in [0.25, 0.3) is 0 Å². The van der Waals surface area contributed by atoms with Crippen LogP contribution in [0.2, 0.25) is 0 Å². The summed E-state index contributed by atoms with van der Waals surface area (Å²) in [6.45, 7) is 1.52. The lowest BCUT2D eigenvalue weighted by Gasteiger charge is -2.17. The first-order chi connectivity index (χ1) is 12.6. The van der Waals surface area contributed by atoms with E-state index in [0.29, 0.717) is 5.56 Å². The fourth-order valence-electron chi connectivity index (χ4n) is 2.29. The van der Waals surface area contributed by atoms with E-state index < -0.39 is 18.0 Å². The van der Waals surface area contributed by atoms with Crippen LogP contribution in [0.1, 0.15) is 24.2 Å². The van der Waals surface area contributed by atoms with Crippen molar-refractivity contribution in [2.24, 2.45) is 0 Å². The maximum absolute atomic E-state index is 12.1. The summed E-state index contributed by atoms with van der Waals surface area (Å²) in [6, 6.07) is 17.8. The van der Waals surface area contributed by atoms with Crippen molar-refractivity contribution in [2.45, 2.75) is 19.4 Å². The number of amides is 1. The molecule has 2 rings (SSSR count). The molecule has 6 nitrogen and oxygen atoms in total. The molecule has 1 atom stereocenters. The summed E-state index contributed by atoms with van der Waals surface area (Å²) in [4.78, 5) is 36.0. The zero-order chi connectivity index (χ0) is 18.8. The molecule has 6 heteroatoms. The SMILES string of the molecule is CCOC(=O)C(OC(=O)CNC(=O)Cc1ccccc1)c1ccccc1. The Morgan fingerprint density at radius 3 is 2.19 bits per heavy atom. The Kier molecular flexibility index (Phi) is 7.36. The molecule has 0 saturated carbocycles. The van der Waals surface area contributed by atoms with Crippen LogP contribution >= 0.6 is 0 Å². The average molecular weight is 355 g/mol. The van der Waals surface area contributed by atoms with Gasteiger partial charge in [-0.1, -0.05) is 60.7 Å². The van der Waals surface area contributed by atoms with Gasteiger partial charge in [-0.15, -0.1) is 0 Å². The Hall–Kier alpha value is -3.15. The Balaban J connectivity index is 1.90. The van der Waals surface area contributed by atoms with Crippen molar-refractivity contribution in [3.8, 4) is 0 Å². The van der Waals surface area contributed by atoms with Crippen molar-refractivity contribution in [1.82, 2.24) is 5.32 Å². The number of carbonyl (C=O) groups is 3. The lowest BCUT2D eigenvalue weighted by atomic mass is 10.1. The molecule has 0 aliphatic carbocycles. The first-order valence-electron chi connectivity index (χ1n) is 8.32. The number of benzene rings is 2. The van der Waals surface area contributed by atoms with Crippen molar-refractivity contribution in [3.05, 3.63) is 71.8 Å². The third kappa shape index (κ3) is 6.05. The van der Waals surface area contributed by atoms with Gasteiger partial charge < -0.3 is 14.8 Å². The van der Waals surface area contributed by atoms with E-state index in [4.69, 9.17) is 9.47 Å². The molecule has 2 aromatic rings. The van der Waals surface area contributed by atoms with Crippen LogP contribution in [0, 0.1) is 0 Å². The molecule has 0 aromatic heterocycles. The van der Waals surface area contributed by atoms with Crippen LogP contribution in [0.3, 0.4) is 0 Å². The van der Waals surface area contributed by atoms with Crippen LogP contribution in [-0.2, 0) is 30.3 Å². The standard InChI is InChI=1S/C20H21NO5/c1-2-25-20(24)19(16-11-7-4-8-12-16)26-18(23)14-21-17(22)13-15-9-5-3-6-10-15/h3-12,19H,2,13-14H2,1H3,(H,21,22). The minimum Gasteiger partial charge on any atom is -0.463 e. The summed E-state index contributed by atoms with van der Waals surface area (Å²) in [5.74, 6) is -1.67. The number of esters is 2. The predicted octanol–water partition coefficient (Wildman–Crippen LogP) is 2.19. The van der Waals surface area contributed by atoms with Crippen LogP contribution in [0.15, 0.2) is 60.7 Å². The second kappa shape index (κ2) is 9.98. The Morgan fingerprint density at radius 1 is 0.962 bits per heavy atom. The molecule has 0 radical (unpaired) electrons. The lowest BCUT2D eigenvalue weighted by Crippen LogP contribution is -2.33. The second-order valence-corrected chi connectivity index (χ2v) is 5.47. The van der Waals surface area contributed by atoms with E-state index in [1.54, 1.807) is 37.3 Å². The van der Waals surface area contributed by atoms with Gasteiger partial charge in [0, 0.05) is 5.56 Å². The van der Waals surface area contributed by atoms with Gasteiger partial charge in [-0.25, -0.2) is 4.79 Å². The Bertz CT molecular complexity index is 730. The number of hydrogen-bond acceptors (Lipinski definition) is 5. The molecule has 0 spiro atoms. The number of rotatable bonds is 8. The summed E-state index contributed by atoms with van der Waals surface area (Å²) >= 11 is 0. The summed E-state index contributed by atoms with van der Waals surface area (Å²) in [5, 5.41) is 2.49. The molecule has 0 fully saturated rings. The highest BCUT2D eigenvalue weighted by Gasteiger charge is 2.26. The average Bonchev–Trinajstić information content (AvgIpc) is 2.66. The van der Waals surface area contributed by atoms with Gasteiger partial charge >= 0.3 is 11.9 Å². The number of ether oxygens (including phenoxy) is 2. The fraction of sp³-hybridized carbons (Fsp3) is 0.250. The quantitative estimate of drug-likeness (QED) is 0.734. The maximum atomic E-state index is 12.1. The van der Waals surface area contributed by atoms with E-state index in [9.17, 15) is 14.4 Å². The van der Waals surface area contributed by atoms with Gasteiger partial charge in [-0.05, 0) is 12.5 Å². The van der Waals surface area contributed by atoms with Crippen molar-refractivity contribution in [2.75, 3.05) is 13.2 Å². The molecule has 0 bridgehead atoms. The molecule has 0 aliphatic rings. The van der Waals surface area contributed by atoms with E-state index in [2.05, 4.69) is 5.32 Å². The Morgan fingerprint density at radius 2 is 1.58 bits per heavy atom. The molecule has 0 heterocycles. The van der Waals surface area contributed by atoms with Crippen LogP contribution < -0.4 is 5.32 Å². The number of carbonyl (C=O) groups excluding carboxylic acids is 3. The maximum Gasteiger partial charge on any atom is 0.352 e. The summed E-state index contributed by atoms with van der Waals surface area (Å²) in [7, 11) is 0. The highest BCUT2D eigenvalue weighted by atomic mass is 16.6. The van der Waals surface area contributed by atoms with E-state index in [-0.39, 0.29) is 25.5 Å². The van der Waals surface area contributed by atoms with E-state index in [0.717, 1.165) is 5.56 Å². The van der Waals surface area contributed by atoms with Gasteiger partial charge in [0.1, 0.15) is 6.54 Å². The zero-order valence-electron chi connectivity index (χ0n) is 14.5. The van der Waals surface area contributed by atoms with Gasteiger partial charge in [0.25, 0.3) is 0 Å². The monoisotopic (exact) mass is 355 g/mol. The fourth-order valence-corrected chi connectivity index (χ4v) is 2.29. The first-order valence-corrected chi connectivity index (χ1v) is 8.32. The predicted molar refractivity (Wildman–Crippen MR) is 95.1 cm³/mol. The molecule has 1 unspecified atom stereocenters. The van der Waals surface area contributed by atoms with Crippen LogP contribution in [0.5, 0.6) is 0 Å². The molecule has 1 N–H and O–H groups in total. The molecule has 0 saturated heterocycles. The van der Waals surface area contributed by atoms with Gasteiger partial charge in [-0.2, -0.15) is 0 Å². The Labute approximate surface area is 152 Å². The zero-order valence-corrected chi connectivity index (χ0v) is 14.5. The highest BCUT2D eigenvalue weighted by Crippen LogP contribution is 2.19. The van der Waals surface area contributed by atoms with Gasteiger partial charge in [-0.3, -0.25) is 9.59 Å². The molecule has 1 amide bonds. The van der Waals surface area contributed by atoms with Gasteiger partial charge in [0.15, 0.2) is 0 Å². The number of nitrogens with one attached hydrogen (secondary N) is 1. The normalized spacial score (nSPS) is 11.3. The first kappa shape index (κ1) is 19.2. The molecule has 136 valence electrons. The minimum absolute atomic E-state index is 0.161.